The fraction of sp³-hybridized carbons (Fsp3) is 0.200. The van der Waals surface area contributed by atoms with Crippen LogP contribution in [0.25, 0.3) is 16.9 Å². The van der Waals surface area contributed by atoms with Crippen molar-refractivity contribution in [2.24, 2.45) is 0 Å². The van der Waals surface area contributed by atoms with Crippen LogP contribution < -0.4 is 19.7 Å². The monoisotopic (exact) mass is 617 g/mol. The van der Waals surface area contributed by atoms with Crippen molar-refractivity contribution >= 4 is 29.4 Å². The van der Waals surface area contributed by atoms with E-state index in [1.165, 1.54) is 11.8 Å². The summed E-state index contributed by atoms with van der Waals surface area (Å²) >= 11 is 1.52. The van der Waals surface area contributed by atoms with E-state index in [4.69, 9.17) is 14.6 Å². The summed E-state index contributed by atoms with van der Waals surface area (Å²) in [6, 6.07) is 27.6. The van der Waals surface area contributed by atoms with Crippen molar-refractivity contribution in [3.63, 3.8) is 0 Å². The molecule has 2 aliphatic rings. The van der Waals surface area contributed by atoms with Gasteiger partial charge in [-0.05, 0) is 55.3 Å². The van der Waals surface area contributed by atoms with Crippen molar-refractivity contribution in [1.29, 1.82) is 0 Å². The Bertz CT molecular complexity index is 1890. The molecule has 226 valence electrons. The van der Waals surface area contributed by atoms with Gasteiger partial charge < -0.3 is 14.8 Å². The molecular weight excluding hydrogens is 586 g/mol. The Kier molecular flexibility index (Phi) is 7.72. The Labute approximate surface area is 265 Å². The number of anilines is 1. The van der Waals surface area contributed by atoms with Crippen LogP contribution in [0.15, 0.2) is 91.1 Å². The molecule has 0 radical (unpaired) electrons. The number of amides is 2. The Balaban J connectivity index is 1.40. The third-order valence-corrected chi connectivity index (χ3v) is 9.17. The summed E-state index contributed by atoms with van der Waals surface area (Å²) < 4.78 is 13.2. The Hall–Kier alpha value is -5.09. The summed E-state index contributed by atoms with van der Waals surface area (Å²) in [4.78, 5) is 33.4. The summed E-state index contributed by atoms with van der Waals surface area (Å²) in [5.41, 5.74) is 7.16. The zero-order valence-electron chi connectivity index (χ0n) is 24.9. The number of rotatable bonds is 7. The third kappa shape index (κ3) is 5.64. The second-order valence-electron chi connectivity index (χ2n) is 11.0. The summed E-state index contributed by atoms with van der Waals surface area (Å²) in [5.74, 6) is 1.63. The lowest BCUT2D eigenvalue weighted by Gasteiger charge is -2.24. The minimum atomic E-state index is -0.291. The SMILES string of the molecule is Cc1ccc(-n2nc(-c3ccccc3)c3c2N(CC(=O)NCc2ccccn2)C(=O)CS[C@H]3c2ccc3c(c2)OCO3)c(C)c1. The second kappa shape index (κ2) is 12.1. The van der Waals surface area contributed by atoms with Crippen molar-refractivity contribution in [1.82, 2.24) is 20.1 Å². The van der Waals surface area contributed by atoms with Crippen molar-refractivity contribution in [2.75, 3.05) is 24.0 Å². The van der Waals surface area contributed by atoms with Gasteiger partial charge in [0.25, 0.3) is 0 Å². The molecule has 5 aromatic rings. The van der Waals surface area contributed by atoms with Crippen LogP contribution in [0.1, 0.15) is 33.2 Å². The topological polar surface area (TPSA) is 98.6 Å². The lowest BCUT2D eigenvalue weighted by molar-refractivity contribution is -0.123. The Morgan fingerprint density at radius 3 is 2.60 bits per heavy atom. The van der Waals surface area contributed by atoms with E-state index in [9.17, 15) is 9.59 Å². The smallest absolute Gasteiger partial charge is 0.240 e. The maximum absolute atomic E-state index is 14.0. The molecule has 9 nitrogen and oxygen atoms in total. The van der Waals surface area contributed by atoms with E-state index in [0.29, 0.717) is 17.3 Å². The van der Waals surface area contributed by atoms with E-state index in [2.05, 4.69) is 16.4 Å². The number of aryl methyl sites for hydroxylation is 2. The molecule has 0 unspecified atom stereocenters. The quantitative estimate of drug-likeness (QED) is 0.248. The molecule has 4 heterocycles. The van der Waals surface area contributed by atoms with Crippen LogP contribution in [-0.4, -0.2) is 45.7 Å². The van der Waals surface area contributed by atoms with Crippen LogP contribution in [0.5, 0.6) is 11.5 Å². The molecule has 0 saturated carbocycles. The molecule has 7 rings (SSSR count). The summed E-state index contributed by atoms with van der Waals surface area (Å²) in [5, 5.41) is 7.87. The number of ether oxygens (including phenoxy) is 2. The fourth-order valence-electron chi connectivity index (χ4n) is 5.77. The number of hydrogen-bond acceptors (Lipinski definition) is 7. The van der Waals surface area contributed by atoms with E-state index >= 15 is 0 Å². The molecule has 0 bridgehead atoms. The maximum Gasteiger partial charge on any atom is 0.240 e. The van der Waals surface area contributed by atoms with Gasteiger partial charge in [0.1, 0.15) is 12.4 Å². The maximum atomic E-state index is 14.0. The van der Waals surface area contributed by atoms with Crippen LogP contribution in [0.4, 0.5) is 5.82 Å². The third-order valence-electron chi connectivity index (χ3n) is 7.91. The van der Waals surface area contributed by atoms with Gasteiger partial charge in [-0.25, -0.2) is 4.68 Å². The number of carbonyl (C=O) groups is 2. The number of nitrogens with zero attached hydrogens (tertiary/aromatic N) is 4. The molecule has 0 saturated heterocycles. The number of carbonyl (C=O) groups excluding carboxylic acids is 2. The average Bonchev–Trinajstić information content (AvgIpc) is 3.65. The number of hydrogen-bond donors (Lipinski definition) is 1. The highest BCUT2D eigenvalue weighted by Gasteiger charge is 2.38. The van der Waals surface area contributed by atoms with Crippen LogP contribution in [0.3, 0.4) is 0 Å². The van der Waals surface area contributed by atoms with Gasteiger partial charge in [-0.15, -0.1) is 11.8 Å². The number of fused-ring (bicyclic) bond motifs is 2. The molecular formula is C35H31N5O4S. The summed E-state index contributed by atoms with van der Waals surface area (Å²) in [7, 11) is 0. The number of aromatic nitrogens is 3. The summed E-state index contributed by atoms with van der Waals surface area (Å²) in [6.07, 6.45) is 1.69. The van der Waals surface area contributed by atoms with E-state index in [1.54, 1.807) is 11.1 Å². The van der Waals surface area contributed by atoms with Crippen LogP contribution in [-0.2, 0) is 16.1 Å². The molecule has 2 amide bonds. The standard InChI is InChI=1S/C35H31N5O4S/c1-22-11-13-27(23(2)16-22)40-35-32(33(38-40)24-8-4-3-5-9-24)34(25-12-14-28-29(17-25)44-21-43-28)45-20-31(42)39(35)19-30(41)37-18-26-10-6-7-15-36-26/h3-17,34H,18-21H2,1-2H3,(H,37,41)/t34-/m0/s1. The van der Waals surface area contributed by atoms with Gasteiger partial charge >= 0.3 is 0 Å². The molecule has 45 heavy (non-hydrogen) atoms. The van der Waals surface area contributed by atoms with Gasteiger partial charge in [0.15, 0.2) is 11.5 Å². The van der Waals surface area contributed by atoms with Crippen molar-refractivity contribution in [2.45, 2.75) is 25.6 Å². The molecule has 0 spiro atoms. The minimum absolute atomic E-state index is 0.168. The van der Waals surface area contributed by atoms with Crippen molar-refractivity contribution in [3.8, 4) is 28.4 Å². The van der Waals surface area contributed by atoms with Gasteiger partial charge in [-0.1, -0.05) is 60.2 Å². The van der Waals surface area contributed by atoms with Gasteiger partial charge in [0.05, 0.1) is 34.6 Å². The van der Waals surface area contributed by atoms with Gasteiger partial charge in [0.2, 0.25) is 18.6 Å². The first-order chi connectivity index (χ1) is 22.0. The largest absolute Gasteiger partial charge is 0.454 e. The second-order valence-corrected chi connectivity index (χ2v) is 12.1. The molecule has 3 aromatic carbocycles. The first-order valence-electron chi connectivity index (χ1n) is 14.7. The predicted molar refractivity (Wildman–Crippen MR) is 174 cm³/mol. The predicted octanol–water partition coefficient (Wildman–Crippen LogP) is 5.77. The van der Waals surface area contributed by atoms with Gasteiger partial charge in [0, 0.05) is 17.3 Å². The molecule has 2 aliphatic heterocycles. The number of nitrogens with one attached hydrogen (secondary N) is 1. The van der Waals surface area contributed by atoms with Crippen LogP contribution in [0.2, 0.25) is 0 Å². The Morgan fingerprint density at radius 1 is 0.978 bits per heavy atom. The van der Waals surface area contributed by atoms with Crippen LogP contribution >= 0.6 is 11.8 Å². The fourth-order valence-corrected chi connectivity index (χ4v) is 6.96. The number of thioether (sulfide) groups is 1. The summed E-state index contributed by atoms with van der Waals surface area (Å²) in [6.45, 7) is 4.34. The first kappa shape index (κ1) is 28.7. The Morgan fingerprint density at radius 2 is 1.80 bits per heavy atom. The molecule has 2 aromatic heterocycles. The van der Waals surface area contributed by atoms with E-state index in [0.717, 1.165) is 44.9 Å². The van der Waals surface area contributed by atoms with Crippen LogP contribution in [0, 0.1) is 13.8 Å². The lowest BCUT2D eigenvalue weighted by Crippen LogP contribution is -2.42. The van der Waals surface area contributed by atoms with Gasteiger partial charge in [-0.3, -0.25) is 19.5 Å². The number of pyridine rings is 1. The highest BCUT2D eigenvalue weighted by atomic mass is 32.2. The highest BCUT2D eigenvalue weighted by Crippen LogP contribution is 2.50. The van der Waals surface area contributed by atoms with Gasteiger partial charge in [-0.2, -0.15) is 5.10 Å². The normalized spacial score (nSPS) is 15.5. The lowest BCUT2D eigenvalue weighted by atomic mass is 9.99. The van der Waals surface area contributed by atoms with Crippen molar-refractivity contribution < 1.29 is 19.1 Å². The van der Waals surface area contributed by atoms with E-state index in [1.807, 2.05) is 97.4 Å². The van der Waals surface area contributed by atoms with Crippen molar-refractivity contribution in [3.05, 3.63) is 119 Å². The molecule has 1 N–H and O–H groups in total. The van der Waals surface area contributed by atoms with E-state index < -0.39 is 0 Å². The zero-order valence-corrected chi connectivity index (χ0v) is 25.7. The highest BCUT2D eigenvalue weighted by molar-refractivity contribution is 8.00. The van der Waals surface area contributed by atoms with E-state index in [-0.39, 0.29) is 42.7 Å². The molecule has 0 aliphatic carbocycles. The molecule has 10 heteroatoms. The molecule has 0 fully saturated rings. The minimum Gasteiger partial charge on any atom is -0.454 e. The molecule has 1 atom stereocenters. The zero-order chi connectivity index (χ0) is 30.9. The first-order valence-corrected chi connectivity index (χ1v) is 15.8. The number of benzene rings is 3. The average molecular weight is 618 g/mol.